The Bertz CT molecular complexity index is 1170. The Morgan fingerprint density at radius 2 is 1.86 bits per heavy atom. The molecule has 0 radical (unpaired) electrons. The predicted molar refractivity (Wildman–Crippen MR) is 112 cm³/mol. The first kappa shape index (κ1) is 20.7. The molecule has 1 aromatic heterocycles. The van der Waals surface area contributed by atoms with E-state index in [9.17, 15) is 14.4 Å². The Labute approximate surface area is 176 Å². The van der Waals surface area contributed by atoms with E-state index in [4.69, 9.17) is 27.9 Å². The van der Waals surface area contributed by atoms with Crippen LogP contribution in [0.3, 0.4) is 0 Å². The standard InChI is InChI=1S/C20H17Cl2N3O4/c1-24-19(27)8-9-25(20(24)28)11-13-4-2-3-5-17(13)29-12-18(26)23-16-10-14(21)6-7-15(16)22/h2-10H,11-12H2,1H3,(H,23,26). The molecule has 0 unspecified atom stereocenters. The van der Waals surface area contributed by atoms with E-state index >= 15 is 0 Å². The molecule has 0 atom stereocenters. The molecule has 0 spiro atoms. The maximum atomic E-state index is 12.2. The van der Waals surface area contributed by atoms with Crippen LogP contribution in [0.1, 0.15) is 5.56 Å². The van der Waals surface area contributed by atoms with Crippen LogP contribution >= 0.6 is 23.2 Å². The molecule has 1 N–H and O–H groups in total. The van der Waals surface area contributed by atoms with Crippen molar-refractivity contribution < 1.29 is 9.53 Å². The third-order valence-electron chi connectivity index (χ3n) is 4.13. The molecule has 9 heteroatoms. The quantitative estimate of drug-likeness (QED) is 0.647. The highest BCUT2D eigenvalue weighted by atomic mass is 35.5. The van der Waals surface area contributed by atoms with Crippen LogP contribution in [-0.4, -0.2) is 21.6 Å². The SMILES string of the molecule is Cn1c(=O)ccn(Cc2ccccc2OCC(=O)Nc2cc(Cl)ccc2Cl)c1=O. The molecule has 0 saturated carbocycles. The topological polar surface area (TPSA) is 82.3 Å². The van der Waals surface area contributed by atoms with E-state index in [1.165, 1.54) is 23.9 Å². The second-order valence-corrected chi connectivity index (χ2v) is 7.04. The van der Waals surface area contributed by atoms with Crippen LogP contribution in [0, 0.1) is 0 Å². The number of para-hydroxylation sites is 1. The van der Waals surface area contributed by atoms with Crippen LogP contribution in [0.4, 0.5) is 5.69 Å². The summed E-state index contributed by atoms with van der Waals surface area (Å²) >= 11 is 12.0. The van der Waals surface area contributed by atoms with Crippen LogP contribution in [0.15, 0.2) is 64.3 Å². The molecule has 150 valence electrons. The van der Waals surface area contributed by atoms with Gasteiger partial charge >= 0.3 is 5.69 Å². The van der Waals surface area contributed by atoms with Gasteiger partial charge < -0.3 is 10.1 Å². The van der Waals surface area contributed by atoms with E-state index in [0.29, 0.717) is 27.0 Å². The smallest absolute Gasteiger partial charge is 0.331 e. The van der Waals surface area contributed by atoms with E-state index < -0.39 is 11.6 Å². The first-order valence-electron chi connectivity index (χ1n) is 8.57. The first-order valence-corrected chi connectivity index (χ1v) is 9.33. The van der Waals surface area contributed by atoms with Crippen LogP contribution in [-0.2, 0) is 18.4 Å². The van der Waals surface area contributed by atoms with Crippen molar-refractivity contribution in [2.24, 2.45) is 7.05 Å². The molecule has 1 heterocycles. The summed E-state index contributed by atoms with van der Waals surface area (Å²) < 4.78 is 8.04. The third-order valence-corrected chi connectivity index (χ3v) is 4.70. The minimum Gasteiger partial charge on any atom is -0.483 e. The van der Waals surface area contributed by atoms with Gasteiger partial charge in [0.2, 0.25) is 0 Å². The lowest BCUT2D eigenvalue weighted by molar-refractivity contribution is -0.118. The van der Waals surface area contributed by atoms with Crippen LogP contribution in [0.25, 0.3) is 0 Å². The molecule has 29 heavy (non-hydrogen) atoms. The number of carbonyl (C=O) groups is 1. The molecular weight excluding hydrogens is 417 g/mol. The molecule has 0 aliphatic heterocycles. The van der Waals surface area contributed by atoms with Crippen molar-refractivity contribution in [3.63, 3.8) is 0 Å². The third kappa shape index (κ3) is 5.07. The van der Waals surface area contributed by atoms with Gasteiger partial charge in [0.25, 0.3) is 11.5 Å². The van der Waals surface area contributed by atoms with Gasteiger partial charge in [0, 0.05) is 29.9 Å². The average molecular weight is 434 g/mol. The maximum absolute atomic E-state index is 12.2. The Kier molecular flexibility index (Phi) is 6.41. The highest BCUT2D eigenvalue weighted by Gasteiger charge is 2.11. The van der Waals surface area contributed by atoms with Gasteiger partial charge in [-0.3, -0.25) is 18.7 Å². The first-order chi connectivity index (χ1) is 13.8. The fraction of sp³-hybridized carbons (Fsp3) is 0.150. The van der Waals surface area contributed by atoms with Gasteiger partial charge in [-0.2, -0.15) is 0 Å². The van der Waals surface area contributed by atoms with Crippen molar-refractivity contribution in [3.8, 4) is 5.75 Å². The summed E-state index contributed by atoms with van der Waals surface area (Å²) in [7, 11) is 1.41. The number of ether oxygens (including phenoxy) is 1. The largest absolute Gasteiger partial charge is 0.483 e. The van der Waals surface area contributed by atoms with E-state index in [1.54, 1.807) is 42.5 Å². The summed E-state index contributed by atoms with van der Waals surface area (Å²) in [5, 5.41) is 3.44. The molecule has 1 amide bonds. The number of nitrogens with one attached hydrogen (secondary N) is 1. The van der Waals surface area contributed by atoms with E-state index in [1.807, 2.05) is 0 Å². The van der Waals surface area contributed by atoms with Crippen LogP contribution < -0.4 is 21.3 Å². The van der Waals surface area contributed by atoms with Gasteiger partial charge in [0.05, 0.1) is 17.3 Å². The molecule has 0 saturated heterocycles. The Morgan fingerprint density at radius 1 is 1.10 bits per heavy atom. The zero-order valence-electron chi connectivity index (χ0n) is 15.4. The lowest BCUT2D eigenvalue weighted by atomic mass is 10.2. The van der Waals surface area contributed by atoms with Crippen molar-refractivity contribution in [1.82, 2.24) is 9.13 Å². The van der Waals surface area contributed by atoms with E-state index in [0.717, 1.165) is 4.57 Å². The lowest BCUT2D eigenvalue weighted by Crippen LogP contribution is -2.37. The summed E-state index contributed by atoms with van der Waals surface area (Å²) in [6.45, 7) is -0.0765. The summed E-state index contributed by atoms with van der Waals surface area (Å²) in [6.07, 6.45) is 1.43. The molecule has 7 nitrogen and oxygen atoms in total. The van der Waals surface area contributed by atoms with Crippen LogP contribution in [0.2, 0.25) is 10.0 Å². The fourth-order valence-electron chi connectivity index (χ4n) is 2.62. The number of amides is 1. The minimum atomic E-state index is -0.444. The zero-order valence-corrected chi connectivity index (χ0v) is 16.9. The van der Waals surface area contributed by atoms with Crippen LogP contribution in [0.5, 0.6) is 5.75 Å². The van der Waals surface area contributed by atoms with Gasteiger partial charge in [-0.25, -0.2) is 4.79 Å². The van der Waals surface area contributed by atoms with Crippen molar-refractivity contribution in [1.29, 1.82) is 0 Å². The summed E-state index contributed by atoms with van der Waals surface area (Å²) in [4.78, 5) is 36.0. The van der Waals surface area contributed by atoms with Crippen molar-refractivity contribution >= 4 is 34.8 Å². The minimum absolute atomic E-state index is 0.185. The summed E-state index contributed by atoms with van der Waals surface area (Å²) in [5.41, 5.74) is 0.243. The normalized spacial score (nSPS) is 10.6. The Balaban J connectivity index is 1.72. The molecule has 3 rings (SSSR count). The van der Waals surface area contributed by atoms with E-state index in [2.05, 4.69) is 5.32 Å². The average Bonchev–Trinajstić information content (AvgIpc) is 2.70. The number of nitrogens with zero attached hydrogens (tertiary/aromatic N) is 2. The number of halogens is 2. The monoisotopic (exact) mass is 433 g/mol. The highest BCUT2D eigenvalue weighted by Crippen LogP contribution is 2.25. The number of carbonyl (C=O) groups excluding carboxylic acids is 1. The molecule has 2 aromatic carbocycles. The van der Waals surface area contributed by atoms with E-state index in [-0.39, 0.29) is 18.7 Å². The highest BCUT2D eigenvalue weighted by molar-refractivity contribution is 6.35. The van der Waals surface area contributed by atoms with Crippen molar-refractivity contribution in [2.75, 3.05) is 11.9 Å². The molecule has 0 bridgehead atoms. The summed E-state index contributed by atoms with van der Waals surface area (Å²) in [6, 6.07) is 13.1. The Hall–Kier alpha value is -3.03. The molecule has 0 aliphatic rings. The maximum Gasteiger partial charge on any atom is 0.331 e. The van der Waals surface area contributed by atoms with Gasteiger partial charge in [-0.15, -0.1) is 0 Å². The number of hydrogen-bond donors (Lipinski definition) is 1. The summed E-state index contributed by atoms with van der Waals surface area (Å²) in [5.74, 6) is 0.0313. The number of rotatable bonds is 6. The zero-order chi connectivity index (χ0) is 21.0. The van der Waals surface area contributed by atoms with Crippen molar-refractivity contribution in [2.45, 2.75) is 6.54 Å². The second kappa shape index (κ2) is 8.98. The second-order valence-electron chi connectivity index (χ2n) is 6.19. The van der Waals surface area contributed by atoms with Gasteiger partial charge in [0.1, 0.15) is 5.75 Å². The molecule has 0 aliphatic carbocycles. The van der Waals surface area contributed by atoms with Gasteiger partial charge in [-0.1, -0.05) is 41.4 Å². The van der Waals surface area contributed by atoms with Gasteiger partial charge in [0.15, 0.2) is 6.61 Å². The number of benzene rings is 2. The Morgan fingerprint density at radius 3 is 2.66 bits per heavy atom. The molecule has 0 fully saturated rings. The van der Waals surface area contributed by atoms with Crippen molar-refractivity contribution in [3.05, 3.63) is 91.2 Å². The number of hydrogen-bond acceptors (Lipinski definition) is 4. The number of aromatic nitrogens is 2. The fourth-order valence-corrected chi connectivity index (χ4v) is 2.96. The lowest BCUT2D eigenvalue weighted by Gasteiger charge is -2.13. The number of anilines is 1. The molecule has 3 aromatic rings. The van der Waals surface area contributed by atoms with Gasteiger partial charge in [-0.05, 0) is 24.3 Å². The molecular formula is C20H17Cl2N3O4. The predicted octanol–water partition coefficient (Wildman–Crippen LogP) is 2.92.